The largest absolute Gasteiger partial charge is 0.495 e. The number of amides is 1. The molecule has 2 aromatic carbocycles. The van der Waals surface area contributed by atoms with E-state index in [4.69, 9.17) is 10.00 Å². The third kappa shape index (κ3) is 4.38. The van der Waals surface area contributed by atoms with Crippen LogP contribution < -0.4 is 15.4 Å². The van der Waals surface area contributed by atoms with E-state index in [0.717, 1.165) is 11.3 Å². The zero-order valence-electron chi connectivity index (χ0n) is 14.9. The molecule has 0 saturated heterocycles. The number of carbonyl (C=O) groups is 1. The maximum absolute atomic E-state index is 12.5. The Morgan fingerprint density at radius 3 is 2.78 bits per heavy atom. The predicted molar refractivity (Wildman–Crippen MR) is 102 cm³/mol. The van der Waals surface area contributed by atoms with Gasteiger partial charge in [-0.25, -0.2) is 9.97 Å². The van der Waals surface area contributed by atoms with Crippen LogP contribution in [-0.4, -0.2) is 23.0 Å². The Bertz CT molecular complexity index is 1030. The minimum atomic E-state index is -0.397. The maximum atomic E-state index is 12.5. The highest BCUT2D eigenvalue weighted by Gasteiger charge is 2.11. The molecule has 0 atom stereocenters. The van der Waals surface area contributed by atoms with Crippen molar-refractivity contribution in [2.75, 3.05) is 17.7 Å². The average Bonchev–Trinajstić information content (AvgIpc) is 2.68. The minimum Gasteiger partial charge on any atom is -0.495 e. The van der Waals surface area contributed by atoms with Crippen molar-refractivity contribution in [1.29, 1.82) is 5.26 Å². The van der Waals surface area contributed by atoms with Crippen LogP contribution in [0.5, 0.6) is 5.75 Å². The molecule has 7 heteroatoms. The summed E-state index contributed by atoms with van der Waals surface area (Å²) < 4.78 is 5.34. The van der Waals surface area contributed by atoms with E-state index in [1.54, 1.807) is 37.4 Å². The van der Waals surface area contributed by atoms with Crippen molar-refractivity contribution in [2.24, 2.45) is 0 Å². The Balaban J connectivity index is 1.80. The van der Waals surface area contributed by atoms with Crippen molar-refractivity contribution in [1.82, 2.24) is 9.97 Å². The molecule has 0 aliphatic carbocycles. The van der Waals surface area contributed by atoms with Crippen molar-refractivity contribution >= 4 is 23.1 Å². The van der Waals surface area contributed by atoms with Gasteiger partial charge in [0.1, 0.15) is 23.6 Å². The van der Waals surface area contributed by atoms with E-state index in [1.807, 2.05) is 31.2 Å². The van der Waals surface area contributed by atoms with Crippen LogP contribution in [-0.2, 0) is 0 Å². The van der Waals surface area contributed by atoms with Crippen LogP contribution in [0.3, 0.4) is 0 Å². The molecule has 27 heavy (non-hydrogen) atoms. The second-order valence-electron chi connectivity index (χ2n) is 5.76. The lowest BCUT2D eigenvalue weighted by atomic mass is 10.2. The summed E-state index contributed by atoms with van der Waals surface area (Å²) in [6.07, 6.45) is 1.31. The van der Waals surface area contributed by atoms with E-state index in [0.29, 0.717) is 22.8 Å². The fourth-order valence-electron chi connectivity index (χ4n) is 2.47. The van der Waals surface area contributed by atoms with E-state index in [1.165, 1.54) is 6.33 Å². The molecular formula is C20H17N5O2. The molecule has 3 aromatic rings. The van der Waals surface area contributed by atoms with Crippen molar-refractivity contribution in [3.63, 3.8) is 0 Å². The predicted octanol–water partition coefficient (Wildman–Crippen LogP) is 3.66. The number of hydrogen-bond donors (Lipinski definition) is 2. The zero-order chi connectivity index (χ0) is 19.2. The lowest BCUT2D eigenvalue weighted by Crippen LogP contribution is -2.14. The Morgan fingerprint density at radius 1 is 1.15 bits per heavy atom. The molecule has 0 saturated carbocycles. The highest BCUT2D eigenvalue weighted by atomic mass is 16.5. The van der Waals surface area contributed by atoms with Crippen LogP contribution >= 0.6 is 0 Å². The summed E-state index contributed by atoms with van der Waals surface area (Å²) in [6.45, 7) is 1.97. The Kier molecular flexibility index (Phi) is 5.28. The first-order valence-electron chi connectivity index (χ1n) is 8.14. The number of carbonyl (C=O) groups excluding carboxylic acids is 1. The van der Waals surface area contributed by atoms with Crippen molar-refractivity contribution in [3.8, 4) is 11.8 Å². The molecule has 1 heterocycles. The zero-order valence-corrected chi connectivity index (χ0v) is 14.9. The van der Waals surface area contributed by atoms with Crippen LogP contribution in [0.2, 0.25) is 0 Å². The van der Waals surface area contributed by atoms with Gasteiger partial charge in [-0.15, -0.1) is 0 Å². The number of methoxy groups -OCH3 is 1. The molecule has 1 aromatic heterocycles. The lowest BCUT2D eigenvalue weighted by Gasteiger charge is -2.12. The molecule has 0 spiro atoms. The molecule has 0 bridgehead atoms. The van der Waals surface area contributed by atoms with Crippen LogP contribution in [0.25, 0.3) is 0 Å². The molecule has 134 valence electrons. The van der Waals surface area contributed by atoms with Gasteiger partial charge in [0, 0.05) is 11.8 Å². The molecule has 0 aliphatic rings. The van der Waals surface area contributed by atoms with Crippen molar-refractivity contribution in [2.45, 2.75) is 6.92 Å². The van der Waals surface area contributed by atoms with Crippen LogP contribution in [0.4, 0.5) is 17.2 Å². The van der Waals surface area contributed by atoms with Gasteiger partial charge in [0.25, 0.3) is 5.91 Å². The van der Waals surface area contributed by atoms with Crippen LogP contribution in [0.1, 0.15) is 21.6 Å². The Labute approximate surface area is 156 Å². The minimum absolute atomic E-state index is 0.196. The van der Waals surface area contributed by atoms with E-state index in [-0.39, 0.29) is 5.69 Å². The fourth-order valence-corrected chi connectivity index (χ4v) is 2.47. The normalized spacial score (nSPS) is 9.96. The van der Waals surface area contributed by atoms with Gasteiger partial charge in [-0.1, -0.05) is 12.1 Å². The quantitative estimate of drug-likeness (QED) is 0.721. The summed E-state index contributed by atoms with van der Waals surface area (Å²) >= 11 is 0. The number of nitriles is 1. The first kappa shape index (κ1) is 17.9. The fraction of sp³-hybridized carbons (Fsp3) is 0.100. The number of aromatic nitrogens is 2. The highest BCUT2D eigenvalue weighted by molar-refractivity contribution is 6.03. The summed E-state index contributed by atoms with van der Waals surface area (Å²) in [6, 6.07) is 16.0. The van der Waals surface area contributed by atoms with Gasteiger partial charge in [0.2, 0.25) is 0 Å². The second-order valence-corrected chi connectivity index (χ2v) is 5.76. The standard InChI is InChI=1S/C20H17N5O2/c1-13-6-7-18(27-2)16(8-13)25-19-10-17(22-12-23-19)20(26)24-15-5-3-4-14(9-15)11-21/h3-10,12H,1-2H3,(H,24,26)(H,22,23,25). The van der Waals surface area contributed by atoms with Crippen molar-refractivity contribution in [3.05, 3.63) is 71.7 Å². The van der Waals surface area contributed by atoms with Crippen molar-refractivity contribution < 1.29 is 9.53 Å². The lowest BCUT2D eigenvalue weighted by molar-refractivity contribution is 0.102. The van der Waals surface area contributed by atoms with Gasteiger partial charge < -0.3 is 15.4 Å². The molecule has 2 N–H and O–H groups in total. The first-order chi connectivity index (χ1) is 13.1. The monoisotopic (exact) mass is 359 g/mol. The SMILES string of the molecule is COc1ccc(C)cc1Nc1cc(C(=O)Nc2cccc(C#N)c2)ncn1. The number of anilines is 3. The Hall–Kier alpha value is -3.92. The molecule has 0 radical (unpaired) electrons. The van der Waals surface area contributed by atoms with Crippen LogP contribution in [0.15, 0.2) is 54.9 Å². The number of nitrogens with zero attached hydrogens (tertiary/aromatic N) is 3. The second kappa shape index (κ2) is 7.97. The molecule has 0 unspecified atom stereocenters. The Morgan fingerprint density at radius 2 is 2.00 bits per heavy atom. The smallest absolute Gasteiger partial charge is 0.274 e. The molecule has 0 aliphatic heterocycles. The van der Waals surface area contributed by atoms with Gasteiger partial charge in [-0.3, -0.25) is 4.79 Å². The summed E-state index contributed by atoms with van der Waals surface area (Å²) in [5.74, 6) is 0.732. The summed E-state index contributed by atoms with van der Waals surface area (Å²) in [5, 5.41) is 14.8. The highest BCUT2D eigenvalue weighted by Crippen LogP contribution is 2.28. The third-order valence-electron chi connectivity index (χ3n) is 3.77. The number of nitrogens with one attached hydrogen (secondary N) is 2. The topological polar surface area (TPSA) is 99.9 Å². The summed E-state index contributed by atoms with van der Waals surface area (Å²) in [5.41, 5.74) is 2.98. The molecule has 1 amide bonds. The number of ether oxygens (including phenoxy) is 1. The van der Waals surface area contributed by atoms with Gasteiger partial charge in [0.15, 0.2) is 0 Å². The number of rotatable bonds is 5. The van der Waals surface area contributed by atoms with Gasteiger partial charge in [-0.2, -0.15) is 5.26 Å². The average molecular weight is 359 g/mol. The molecule has 7 nitrogen and oxygen atoms in total. The van der Waals surface area contributed by atoms with Crippen LogP contribution in [0, 0.1) is 18.3 Å². The third-order valence-corrected chi connectivity index (χ3v) is 3.77. The number of aryl methyl sites for hydroxylation is 1. The summed E-state index contributed by atoms with van der Waals surface area (Å²) in [4.78, 5) is 20.6. The van der Waals surface area contributed by atoms with E-state index in [9.17, 15) is 4.79 Å². The molecule has 0 fully saturated rings. The first-order valence-corrected chi connectivity index (χ1v) is 8.14. The number of hydrogen-bond acceptors (Lipinski definition) is 6. The van der Waals surface area contributed by atoms with Gasteiger partial charge in [0.05, 0.1) is 24.4 Å². The van der Waals surface area contributed by atoms with Gasteiger partial charge in [-0.05, 0) is 42.8 Å². The summed E-state index contributed by atoms with van der Waals surface area (Å²) in [7, 11) is 1.59. The number of benzene rings is 2. The molecule has 3 rings (SSSR count). The molecular weight excluding hydrogens is 342 g/mol. The maximum Gasteiger partial charge on any atom is 0.274 e. The van der Waals surface area contributed by atoms with E-state index in [2.05, 4.69) is 20.6 Å². The van der Waals surface area contributed by atoms with E-state index >= 15 is 0 Å². The van der Waals surface area contributed by atoms with Gasteiger partial charge >= 0.3 is 0 Å². The van der Waals surface area contributed by atoms with E-state index < -0.39 is 5.91 Å².